The van der Waals surface area contributed by atoms with Crippen molar-refractivity contribution < 1.29 is 23.7 Å². The normalized spacial score (nSPS) is 15.3. The van der Waals surface area contributed by atoms with Crippen LogP contribution in [0.4, 0.5) is 0 Å². The molecule has 2 aromatic rings. The first-order valence-electron chi connectivity index (χ1n) is 8.93. The molecule has 0 saturated carbocycles. The van der Waals surface area contributed by atoms with Crippen LogP contribution >= 0.6 is 0 Å². The van der Waals surface area contributed by atoms with E-state index in [4.69, 9.17) is 18.9 Å². The van der Waals surface area contributed by atoms with Crippen LogP contribution < -0.4 is 24.3 Å². The monoisotopic (exact) mass is 371 g/mol. The summed E-state index contributed by atoms with van der Waals surface area (Å²) in [6, 6.07) is 11.4. The molecule has 6 nitrogen and oxygen atoms in total. The molecule has 0 aliphatic carbocycles. The van der Waals surface area contributed by atoms with Crippen molar-refractivity contribution in [1.82, 2.24) is 5.32 Å². The average Bonchev–Trinajstić information content (AvgIpc) is 2.72. The zero-order chi connectivity index (χ0) is 19.2. The van der Waals surface area contributed by atoms with E-state index in [1.165, 1.54) is 0 Å². The number of carbonyl (C=O) groups excluding carboxylic acids is 1. The Balaban J connectivity index is 1.56. The number of hydrogen-bond donors (Lipinski definition) is 1. The Morgan fingerprint density at radius 1 is 1.15 bits per heavy atom. The predicted octanol–water partition coefficient (Wildman–Crippen LogP) is 2.62. The van der Waals surface area contributed by atoms with Crippen molar-refractivity contribution in [3.05, 3.63) is 47.5 Å². The lowest BCUT2D eigenvalue weighted by Gasteiger charge is -2.25. The molecule has 144 valence electrons. The summed E-state index contributed by atoms with van der Waals surface area (Å²) in [5, 5.41) is 3.00. The molecule has 0 aromatic heterocycles. The van der Waals surface area contributed by atoms with Crippen molar-refractivity contribution in [2.75, 3.05) is 34.5 Å². The third kappa shape index (κ3) is 4.27. The van der Waals surface area contributed by atoms with Crippen LogP contribution in [-0.2, 0) is 17.6 Å². The van der Waals surface area contributed by atoms with Crippen molar-refractivity contribution in [2.24, 2.45) is 5.92 Å². The molecular weight excluding hydrogens is 346 g/mol. The van der Waals surface area contributed by atoms with Crippen LogP contribution in [0.5, 0.6) is 23.0 Å². The van der Waals surface area contributed by atoms with Gasteiger partial charge in [0.2, 0.25) is 5.91 Å². The summed E-state index contributed by atoms with van der Waals surface area (Å²) in [5.74, 6) is 2.74. The van der Waals surface area contributed by atoms with Crippen LogP contribution in [0.25, 0.3) is 0 Å². The first kappa shape index (κ1) is 18.9. The molecule has 1 amide bonds. The molecule has 0 bridgehead atoms. The third-order valence-electron chi connectivity index (χ3n) is 4.73. The third-order valence-corrected chi connectivity index (χ3v) is 4.73. The van der Waals surface area contributed by atoms with E-state index in [0.717, 1.165) is 22.6 Å². The maximum absolute atomic E-state index is 12.5. The summed E-state index contributed by atoms with van der Waals surface area (Å²) in [6.07, 6.45) is 1.32. The predicted molar refractivity (Wildman–Crippen MR) is 102 cm³/mol. The minimum Gasteiger partial charge on any atom is -0.497 e. The van der Waals surface area contributed by atoms with Gasteiger partial charge in [0.15, 0.2) is 11.5 Å². The van der Waals surface area contributed by atoms with Gasteiger partial charge in [-0.25, -0.2) is 0 Å². The Kier molecular flexibility index (Phi) is 6.06. The molecular formula is C21H25NO5. The van der Waals surface area contributed by atoms with Gasteiger partial charge in [0.05, 0.1) is 27.2 Å². The molecule has 1 atom stereocenters. The van der Waals surface area contributed by atoms with Gasteiger partial charge in [-0.2, -0.15) is 0 Å². The molecule has 0 spiro atoms. The zero-order valence-electron chi connectivity index (χ0n) is 15.9. The van der Waals surface area contributed by atoms with E-state index in [9.17, 15) is 4.79 Å². The number of benzene rings is 2. The van der Waals surface area contributed by atoms with Crippen molar-refractivity contribution in [3.63, 3.8) is 0 Å². The number of para-hydroxylation sites is 1. The van der Waals surface area contributed by atoms with E-state index in [1.807, 2.05) is 36.4 Å². The van der Waals surface area contributed by atoms with E-state index in [0.29, 0.717) is 37.5 Å². The lowest BCUT2D eigenvalue weighted by molar-refractivity contribution is -0.126. The first-order chi connectivity index (χ1) is 13.2. The van der Waals surface area contributed by atoms with Crippen LogP contribution in [0.1, 0.15) is 11.1 Å². The summed E-state index contributed by atoms with van der Waals surface area (Å²) in [4.78, 5) is 12.5. The second kappa shape index (κ2) is 8.66. The van der Waals surface area contributed by atoms with Gasteiger partial charge >= 0.3 is 0 Å². The van der Waals surface area contributed by atoms with Gasteiger partial charge in [-0.1, -0.05) is 18.2 Å². The lowest BCUT2D eigenvalue weighted by atomic mass is 9.96. The first-order valence-corrected chi connectivity index (χ1v) is 8.93. The minimum absolute atomic E-state index is 0.00155. The second-order valence-corrected chi connectivity index (χ2v) is 6.38. The van der Waals surface area contributed by atoms with Gasteiger partial charge < -0.3 is 24.3 Å². The summed E-state index contributed by atoms with van der Waals surface area (Å²) in [7, 11) is 4.85. The maximum Gasteiger partial charge on any atom is 0.226 e. The number of carbonyl (C=O) groups is 1. The van der Waals surface area contributed by atoms with E-state index >= 15 is 0 Å². The quantitative estimate of drug-likeness (QED) is 0.811. The Bertz CT molecular complexity index is 805. The van der Waals surface area contributed by atoms with E-state index in [2.05, 4.69) is 5.32 Å². The highest BCUT2D eigenvalue weighted by Crippen LogP contribution is 2.32. The molecule has 3 rings (SSSR count). The standard InChI is InChI=1S/C21H25NO5/c1-24-17-8-7-15-11-16(13-27-19(15)12-17)21(23)22-10-9-14-5-4-6-18(25-2)20(14)26-3/h4-8,12,16H,9-11,13H2,1-3H3,(H,22,23). The Hall–Kier alpha value is -2.89. The highest BCUT2D eigenvalue weighted by Gasteiger charge is 2.26. The van der Waals surface area contributed by atoms with Gasteiger partial charge in [-0.3, -0.25) is 4.79 Å². The van der Waals surface area contributed by atoms with Crippen molar-refractivity contribution in [3.8, 4) is 23.0 Å². The van der Waals surface area contributed by atoms with Crippen molar-refractivity contribution >= 4 is 5.91 Å². The van der Waals surface area contributed by atoms with Gasteiger partial charge in [-0.05, 0) is 36.1 Å². The molecule has 0 radical (unpaired) electrons. The van der Waals surface area contributed by atoms with Crippen LogP contribution in [0, 0.1) is 5.92 Å². The summed E-state index contributed by atoms with van der Waals surface area (Å²) in [5.41, 5.74) is 2.02. The van der Waals surface area contributed by atoms with Crippen LogP contribution in [0.2, 0.25) is 0 Å². The average molecular weight is 371 g/mol. The molecule has 6 heteroatoms. The smallest absolute Gasteiger partial charge is 0.226 e. The minimum atomic E-state index is -0.196. The number of amides is 1. The maximum atomic E-state index is 12.5. The highest BCUT2D eigenvalue weighted by molar-refractivity contribution is 5.79. The number of ether oxygens (including phenoxy) is 4. The molecule has 2 aromatic carbocycles. The largest absolute Gasteiger partial charge is 0.497 e. The highest BCUT2D eigenvalue weighted by atomic mass is 16.5. The summed E-state index contributed by atoms with van der Waals surface area (Å²) < 4.78 is 21.7. The fraction of sp³-hybridized carbons (Fsp3) is 0.381. The number of fused-ring (bicyclic) bond motifs is 1. The lowest BCUT2D eigenvalue weighted by Crippen LogP contribution is -2.38. The molecule has 1 N–H and O–H groups in total. The SMILES string of the molecule is COc1ccc2c(c1)OCC(C(=O)NCCc1cccc(OC)c1OC)C2. The van der Waals surface area contributed by atoms with Crippen LogP contribution in [0.15, 0.2) is 36.4 Å². The zero-order valence-corrected chi connectivity index (χ0v) is 15.9. The molecule has 1 unspecified atom stereocenters. The summed E-state index contributed by atoms with van der Waals surface area (Å²) >= 11 is 0. The van der Waals surface area contributed by atoms with Gasteiger partial charge in [0.1, 0.15) is 18.1 Å². The number of rotatable bonds is 7. The summed E-state index contributed by atoms with van der Waals surface area (Å²) in [6.45, 7) is 0.892. The van der Waals surface area contributed by atoms with E-state index in [1.54, 1.807) is 21.3 Å². The van der Waals surface area contributed by atoms with Gasteiger partial charge in [-0.15, -0.1) is 0 Å². The van der Waals surface area contributed by atoms with Crippen molar-refractivity contribution in [2.45, 2.75) is 12.8 Å². The van der Waals surface area contributed by atoms with E-state index < -0.39 is 0 Å². The number of hydrogen-bond acceptors (Lipinski definition) is 5. The Labute approximate surface area is 159 Å². The molecule has 0 saturated heterocycles. The van der Waals surface area contributed by atoms with Gasteiger partial charge in [0, 0.05) is 12.6 Å². The molecule has 0 fully saturated rings. The molecule has 27 heavy (non-hydrogen) atoms. The Morgan fingerprint density at radius 3 is 2.74 bits per heavy atom. The molecule has 1 aliphatic rings. The van der Waals surface area contributed by atoms with Gasteiger partial charge in [0.25, 0.3) is 0 Å². The Morgan fingerprint density at radius 2 is 2.00 bits per heavy atom. The van der Waals surface area contributed by atoms with E-state index in [-0.39, 0.29) is 11.8 Å². The molecule has 1 heterocycles. The number of nitrogens with one attached hydrogen (secondary N) is 1. The fourth-order valence-electron chi connectivity index (χ4n) is 3.26. The number of methoxy groups -OCH3 is 3. The van der Waals surface area contributed by atoms with Crippen LogP contribution in [-0.4, -0.2) is 40.4 Å². The second-order valence-electron chi connectivity index (χ2n) is 6.38. The fourth-order valence-corrected chi connectivity index (χ4v) is 3.26. The molecule has 1 aliphatic heterocycles. The van der Waals surface area contributed by atoms with Crippen LogP contribution in [0.3, 0.4) is 0 Å². The topological polar surface area (TPSA) is 66.0 Å². The van der Waals surface area contributed by atoms with Crippen molar-refractivity contribution in [1.29, 1.82) is 0 Å².